The van der Waals surface area contributed by atoms with Gasteiger partial charge in [0.25, 0.3) is 5.91 Å². The molecular weight excluding hydrogens is 475 g/mol. The molecule has 0 bridgehead atoms. The first-order valence-electron chi connectivity index (χ1n) is 10.7. The van der Waals surface area contributed by atoms with Crippen LogP contribution in [0.3, 0.4) is 0 Å². The monoisotopic (exact) mass is 499 g/mol. The summed E-state index contributed by atoms with van der Waals surface area (Å²) in [5, 5.41) is 9.38. The molecule has 1 amide bonds. The van der Waals surface area contributed by atoms with Gasteiger partial charge in [-0.3, -0.25) is 24.6 Å². The number of aryl methyl sites for hydroxylation is 1. The Morgan fingerprint density at radius 2 is 1.86 bits per heavy atom. The fourth-order valence-corrected chi connectivity index (χ4v) is 3.31. The molecular formula is C24H24F3N7O2. The van der Waals surface area contributed by atoms with E-state index in [1.54, 1.807) is 0 Å². The highest BCUT2D eigenvalue weighted by atomic mass is 19.4. The highest BCUT2D eigenvalue weighted by Crippen LogP contribution is 2.28. The lowest BCUT2D eigenvalue weighted by molar-refractivity contribution is -0.137. The van der Waals surface area contributed by atoms with Crippen LogP contribution in [0.5, 0.6) is 0 Å². The van der Waals surface area contributed by atoms with E-state index in [2.05, 4.69) is 25.5 Å². The fraction of sp³-hybridized carbons (Fsp3) is 0.208. The van der Waals surface area contributed by atoms with Crippen LogP contribution in [0.15, 0.2) is 55.0 Å². The third-order valence-corrected chi connectivity index (χ3v) is 5.17. The molecule has 188 valence electrons. The summed E-state index contributed by atoms with van der Waals surface area (Å²) in [6.07, 6.45) is -0.417. The van der Waals surface area contributed by atoms with Gasteiger partial charge < -0.3 is 11.1 Å². The zero-order valence-electron chi connectivity index (χ0n) is 19.5. The van der Waals surface area contributed by atoms with Crippen LogP contribution in [0.2, 0.25) is 0 Å². The predicted octanol–water partition coefficient (Wildman–Crippen LogP) is 3.72. The maximum Gasteiger partial charge on any atom is 0.417 e. The SMILES string of the molecule is Cc1ccccc1CN(C)Cc1ccc(C(F)(F)F)cn1.Nc1ncc(NC(=O)C=O)c2[nH]ncc12. The average molecular weight is 499 g/mol. The second kappa shape index (κ2) is 11.4. The zero-order valence-corrected chi connectivity index (χ0v) is 19.5. The molecule has 4 rings (SSSR count). The molecule has 36 heavy (non-hydrogen) atoms. The van der Waals surface area contributed by atoms with Crippen molar-refractivity contribution in [1.29, 1.82) is 0 Å². The Labute approximate surface area is 204 Å². The molecule has 4 aromatic rings. The number of aldehydes is 1. The first kappa shape index (κ1) is 26.3. The number of hydrogen-bond acceptors (Lipinski definition) is 7. The predicted molar refractivity (Wildman–Crippen MR) is 129 cm³/mol. The number of halogens is 3. The minimum atomic E-state index is -4.33. The van der Waals surface area contributed by atoms with Crippen molar-refractivity contribution in [3.05, 3.63) is 77.4 Å². The Morgan fingerprint density at radius 3 is 2.50 bits per heavy atom. The molecule has 0 atom stereocenters. The standard InChI is InChI=1S/C16H17F3N2.C8H7N5O2/c1-12-5-3-4-6-13(12)10-21(2)11-15-8-7-14(9-20-15)16(17,18)19;9-8-4-1-11-13-7(4)5(2-10-8)12-6(15)3-14/h3-9H,10-11H2,1-2H3;1-3H,(H2,9,10)(H,11,13)(H,12,15). The van der Waals surface area contributed by atoms with E-state index in [9.17, 15) is 22.8 Å². The van der Waals surface area contributed by atoms with E-state index in [0.29, 0.717) is 34.6 Å². The quantitative estimate of drug-likeness (QED) is 0.272. The van der Waals surface area contributed by atoms with Gasteiger partial charge in [0.15, 0.2) is 0 Å². The molecule has 0 unspecified atom stereocenters. The molecule has 0 spiro atoms. The summed E-state index contributed by atoms with van der Waals surface area (Å²) in [4.78, 5) is 30.8. The summed E-state index contributed by atoms with van der Waals surface area (Å²) in [5.41, 5.74) is 8.80. The Balaban J connectivity index is 0.000000212. The van der Waals surface area contributed by atoms with E-state index >= 15 is 0 Å². The number of nitrogens with zero attached hydrogens (tertiary/aromatic N) is 4. The number of carbonyl (C=O) groups excluding carboxylic acids is 2. The minimum absolute atomic E-state index is 0.179. The molecule has 12 heteroatoms. The number of nitrogens with one attached hydrogen (secondary N) is 2. The van der Waals surface area contributed by atoms with E-state index in [1.165, 1.54) is 29.6 Å². The number of amides is 1. The third kappa shape index (κ3) is 6.85. The maximum absolute atomic E-state index is 12.5. The summed E-state index contributed by atoms with van der Waals surface area (Å²) in [6.45, 7) is 3.28. The number of benzene rings is 1. The van der Waals surface area contributed by atoms with E-state index < -0.39 is 17.6 Å². The molecule has 0 fully saturated rings. The number of pyridine rings is 2. The van der Waals surface area contributed by atoms with Crippen molar-refractivity contribution in [1.82, 2.24) is 25.1 Å². The largest absolute Gasteiger partial charge is 0.417 e. The van der Waals surface area contributed by atoms with Crippen molar-refractivity contribution in [2.24, 2.45) is 0 Å². The van der Waals surface area contributed by atoms with Crippen LogP contribution in [-0.2, 0) is 28.9 Å². The molecule has 0 saturated heterocycles. The van der Waals surface area contributed by atoms with Crippen LogP contribution in [0.25, 0.3) is 10.9 Å². The van der Waals surface area contributed by atoms with Gasteiger partial charge >= 0.3 is 6.18 Å². The van der Waals surface area contributed by atoms with Crippen LogP contribution < -0.4 is 11.1 Å². The van der Waals surface area contributed by atoms with E-state index in [4.69, 9.17) is 5.73 Å². The third-order valence-electron chi connectivity index (χ3n) is 5.17. The Hall–Kier alpha value is -4.32. The van der Waals surface area contributed by atoms with E-state index in [0.717, 1.165) is 18.8 Å². The average Bonchev–Trinajstić information content (AvgIpc) is 3.34. The van der Waals surface area contributed by atoms with Gasteiger partial charge in [0.05, 0.1) is 40.2 Å². The molecule has 3 aromatic heterocycles. The van der Waals surface area contributed by atoms with Gasteiger partial charge in [-0.25, -0.2) is 4.98 Å². The number of aromatic amines is 1. The molecule has 3 heterocycles. The molecule has 0 aliphatic heterocycles. The second-order valence-electron chi connectivity index (χ2n) is 7.96. The number of anilines is 2. The van der Waals surface area contributed by atoms with Crippen LogP contribution in [0.1, 0.15) is 22.4 Å². The first-order valence-corrected chi connectivity index (χ1v) is 10.7. The van der Waals surface area contributed by atoms with Gasteiger partial charge in [0, 0.05) is 19.3 Å². The number of aromatic nitrogens is 4. The summed E-state index contributed by atoms with van der Waals surface area (Å²) >= 11 is 0. The Bertz CT molecular complexity index is 1340. The Morgan fingerprint density at radius 1 is 1.11 bits per heavy atom. The Kier molecular flexibility index (Phi) is 8.33. The normalized spacial score (nSPS) is 11.2. The molecule has 0 aliphatic rings. The second-order valence-corrected chi connectivity index (χ2v) is 7.96. The van der Waals surface area contributed by atoms with E-state index in [-0.39, 0.29) is 6.29 Å². The molecule has 0 radical (unpaired) electrons. The maximum atomic E-state index is 12.5. The number of nitrogens with two attached hydrogens (primary N) is 1. The van der Waals surface area contributed by atoms with Gasteiger partial charge in [0.2, 0.25) is 6.29 Å². The lowest BCUT2D eigenvalue weighted by Gasteiger charge is -2.18. The highest BCUT2D eigenvalue weighted by molar-refractivity contribution is 6.30. The molecule has 4 N–H and O–H groups in total. The van der Waals surface area contributed by atoms with Gasteiger partial charge in [-0.1, -0.05) is 24.3 Å². The van der Waals surface area contributed by atoms with Gasteiger partial charge in [-0.05, 0) is 37.2 Å². The van der Waals surface area contributed by atoms with Crippen molar-refractivity contribution < 1.29 is 22.8 Å². The van der Waals surface area contributed by atoms with Gasteiger partial charge in [-0.2, -0.15) is 18.3 Å². The highest BCUT2D eigenvalue weighted by Gasteiger charge is 2.30. The fourth-order valence-electron chi connectivity index (χ4n) is 3.31. The van der Waals surface area contributed by atoms with Crippen molar-refractivity contribution >= 4 is 34.6 Å². The number of H-pyrrole nitrogens is 1. The van der Waals surface area contributed by atoms with Crippen LogP contribution in [-0.4, -0.2) is 44.3 Å². The van der Waals surface area contributed by atoms with Crippen molar-refractivity contribution in [3.8, 4) is 0 Å². The molecule has 1 aromatic carbocycles. The van der Waals surface area contributed by atoms with Crippen LogP contribution in [0.4, 0.5) is 24.7 Å². The molecule has 9 nitrogen and oxygen atoms in total. The zero-order chi connectivity index (χ0) is 26.3. The van der Waals surface area contributed by atoms with Crippen molar-refractivity contribution in [2.45, 2.75) is 26.2 Å². The van der Waals surface area contributed by atoms with Crippen LogP contribution >= 0.6 is 0 Å². The lowest BCUT2D eigenvalue weighted by Crippen LogP contribution is -2.18. The van der Waals surface area contributed by atoms with Crippen LogP contribution in [0, 0.1) is 6.92 Å². The number of alkyl halides is 3. The number of hydrogen-bond donors (Lipinski definition) is 3. The lowest BCUT2D eigenvalue weighted by atomic mass is 10.1. The van der Waals surface area contributed by atoms with Gasteiger partial charge in [0.1, 0.15) is 5.82 Å². The smallest absolute Gasteiger partial charge is 0.383 e. The minimum Gasteiger partial charge on any atom is -0.383 e. The summed E-state index contributed by atoms with van der Waals surface area (Å²) < 4.78 is 37.4. The van der Waals surface area contributed by atoms with Crippen molar-refractivity contribution in [2.75, 3.05) is 18.1 Å². The topological polar surface area (TPSA) is 130 Å². The molecule has 0 aliphatic carbocycles. The number of rotatable bonds is 6. The van der Waals surface area contributed by atoms with Crippen molar-refractivity contribution in [3.63, 3.8) is 0 Å². The summed E-state index contributed by atoms with van der Waals surface area (Å²) in [6, 6.07) is 10.6. The summed E-state index contributed by atoms with van der Waals surface area (Å²) in [5.74, 6) is -0.444. The number of fused-ring (bicyclic) bond motifs is 1. The van der Waals surface area contributed by atoms with E-state index in [1.807, 2.05) is 43.1 Å². The first-order chi connectivity index (χ1) is 17.1. The van der Waals surface area contributed by atoms with Gasteiger partial charge in [-0.15, -0.1) is 0 Å². The molecule has 0 saturated carbocycles. The number of nitrogen functional groups attached to an aromatic ring is 1. The number of carbonyl (C=O) groups is 2. The summed E-state index contributed by atoms with van der Waals surface area (Å²) in [7, 11) is 1.92.